The molecule has 1 amide bonds. The van der Waals surface area contributed by atoms with Gasteiger partial charge in [0.05, 0.1) is 0 Å². The van der Waals surface area contributed by atoms with Gasteiger partial charge in [-0.15, -0.1) is 0 Å². The van der Waals surface area contributed by atoms with Crippen molar-refractivity contribution >= 4 is 17.6 Å². The zero-order chi connectivity index (χ0) is 36.8. The second kappa shape index (κ2) is 13.8. The van der Waals surface area contributed by atoms with Crippen LogP contribution in [0.2, 0.25) is 0 Å². The first-order chi connectivity index (χ1) is 25.5. The van der Waals surface area contributed by atoms with E-state index in [0.717, 1.165) is 22.3 Å². The maximum Gasteiger partial charge on any atom is 0.319 e. The summed E-state index contributed by atoms with van der Waals surface area (Å²) in [6.07, 6.45) is -3.68. The first-order valence-electron chi connectivity index (χ1n) is 18.0. The van der Waals surface area contributed by atoms with Crippen molar-refractivity contribution in [1.29, 1.82) is 0 Å². The summed E-state index contributed by atoms with van der Waals surface area (Å²) in [6, 6.07) is 38.1. The third-order valence-electron chi connectivity index (χ3n) is 10.1. The van der Waals surface area contributed by atoms with Crippen LogP contribution in [0.15, 0.2) is 126 Å². The molecule has 0 spiro atoms. The van der Waals surface area contributed by atoms with Crippen LogP contribution in [0, 0.1) is 5.92 Å². The Labute approximate surface area is 308 Å². The van der Waals surface area contributed by atoms with Gasteiger partial charge in [0, 0.05) is 6.54 Å². The lowest BCUT2D eigenvalue weighted by Gasteiger charge is -2.37. The van der Waals surface area contributed by atoms with E-state index >= 15 is 0 Å². The Morgan fingerprint density at radius 3 is 1.75 bits per heavy atom. The lowest BCUT2D eigenvalue weighted by Crippen LogP contribution is -2.58. The van der Waals surface area contributed by atoms with Crippen LogP contribution in [0.1, 0.15) is 56.1 Å². The standard InChI is InChI=1S/C42H43N3O8/c1-40(2)50-34-30(48-39-36(35(34)51-40)52-41(3,4)53-39)25-43-37(46)32-31(38(47)49-33(26-17-9-5-10-18-26)27-19-11-6-12-20-27)42(45-44-32,28-21-13-7-14-22-28)29-23-15-8-16-24-29/h5-24,30-31,33-36,39,45H,25H2,1-4H3,(H,43,46)/t30-,31+,34+,35+,36-,39-/m1/s1. The zero-order valence-corrected chi connectivity index (χ0v) is 30.0. The highest BCUT2D eigenvalue weighted by atomic mass is 16.9. The summed E-state index contributed by atoms with van der Waals surface area (Å²) in [5, 5.41) is 7.64. The first-order valence-corrected chi connectivity index (χ1v) is 18.0. The molecule has 8 rings (SSSR count). The van der Waals surface area contributed by atoms with E-state index < -0.39 is 71.7 Å². The number of carbonyl (C=O) groups excluding carboxylic acids is 2. The molecule has 3 fully saturated rings. The van der Waals surface area contributed by atoms with Crippen molar-refractivity contribution in [2.45, 2.75) is 81.6 Å². The predicted molar refractivity (Wildman–Crippen MR) is 194 cm³/mol. The summed E-state index contributed by atoms with van der Waals surface area (Å²) in [5.74, 6) is -4.18. The van der Waals surface area contributed by atoms with Gasteiger partial charge in [0.25, 0.3) is 5.91 Å². The molecule has 0 aromatic heterocycles. The van der Waals surface area contributed by atoms with Crippen LogP contribution in [-0.2, 0) is 43.5 Å². The molecule has 4 aliphatic rings. The molecular weight excluding hydrogens is 674 g/mol. The maximum absolute atomic E-state index is 15.0. The molecule has 3 saturated heterocycles. The van der Waals surface area contributed by atoms with Gasteiger partial charge in [0.15, 0.2) is 24.0 Å². The lowest BCUT2D eigenvalue weighted by atomic mass is 9.72. The fourth-order valence-electron chi connectivity index (χ4n) is 7.89. The summed E-state index contributed by atoms with van der Waals surface area (Å²) >= 11 is 0. The van der Waals surface area contributed by atoms with Gasteiger partial charge in [-0.05, 0) is 49.9 Å². The van der Waals surface area contributed by atoms with Crippen molar-refractivity contribution < 1.29 is 38.0 Å². The fraction of sp³-hybridized carbons (Fsp3) is 0.357. The van der Waals surface area contributed by atoms with Crippen LogP contribution >= 0.6 is 0 Å². The Balaban J connectivity index is 1.13. The average molecular weight is 718 g/mol. The van der Waals surface area contributed by atoms with Crippen molar-refractivity contribution in [1.82, 2.24) is 10.7 Å². The SMILES string of the molecule is CC1(C)O[C@H]2[C@@H](O1)[C@@H](CNC(=O)C1=NNC(c3ccccc3)(c3ccccc3)[C@@H]1C(=O)OC(c1ccccc1)c1ccccc1)O[C@@H]1OC(C)(C)O[C@@H]12. The first kappa shape index (κ1) is 35.1. The van der Waals surface area contributed by atoms with Gasteiger partial charge in [-0.3, -0.25) is 15.0 Å². The molecule has 0 bridgehead atoms. The molecule has 0 saturated carbocycles. The molecule has 0 unspecified atom stereocenters. The Bertz CT molecular complexity index is 1880. The molecule has 11 heteroatoms. The van der Waals surface area contributed by atoms with Gasteiger partial charge in [-0.1, -0.05) is 121 Å². The number of fused-ring (bicyclic) bond motifs is 3. The van der Waals surface area contributed by atoms with E-state index in [1.807, 2.05) is 149 Å². The molecular formula is C42H43N3O8. The quantitative estimate of drug-likeness (QED) is 0.221. The number of nitrogens with zero attached hydrogens (tertiary/aromatic N) is 1. The Hall–Kier alpha value is -4.91. The minimum absolute atomic E-state index is 0.0214. The molecule has 6 atom stereocenters. The van der Waals surface area contributed by atoms with Crippen molar-refractivity contribution in [2.24, 2.45) is 11.0 Å². The van der Waals surface area contributed by atoms with E-state index in [9.17, 15) is 9.59 Å². The van der Waals surface area contributed by atoms with Gasteiger partial charge >= 0.3 is 5.97 Å². The van der Waals surface area contributed by atoms with Gasteiger partial charge in [-0.2, -0.15) is 5.10 Å². The Kier molecular flexibility index (Phi) is 9.16. The number of hydrogen-bond donors (Lipinski definition) is 2. The Morgan fingerprint density at radius 2 is 1.19 bits per heavy atom. The number of esters is 1. The number of benzene rings is 4. The summed E-state index contributed by atoms with van der Waals surface area (Å²) in [4.78, 5) is 29.4. The molecule has 0 radical (unpaired) electrons. The number of hydrazone groups is 1. The highest BCUT2D eigenvalue weighted by Gasteiger charge is 2.61. The number of hydrogen-bond acceptors (Lipinski definition) is 10. The second-order valence-corrected chi connectivity index (χ2v) is 14.6. The molecule has 4 aliphatic heterocycles. The van der Waals surface area contributed by atoms with Gasteiger partial charge in [0.1, 0.15) is 41.6 Å². The van der Waals surface area contributed by atoms with E-state index in [0.29, 0.717) is 0 Å². The van der Waals surface area contributed by atoms with E-state index in [1.165, 1.54) is 0 Å². The molecule has 0 aliphatic carbocycles. The van der Waals surface area contributed by atoms with Crippen LogP contribution in [0.3, 0.4) is 0 Å². The third kappa shape index (κ3) is 6.64. The topological polar surface area (TPSA) is 126 Å². The Morgan fingerprint density at radius 1 is 0.698 bits per heavy atom. The number of amides is 1. The van der Waals surface area contributed by atoms with Crippen molar-refractivity contribution in [3.63, 3.8) is 0 Å². The molecule has 53 heavy (non-hydrogen) atoms. The number of carbonyl (C=O) groups is 2. The van der Waals surface area contributed by atoms with Gasteiger partial charge in [-0.25, -0.2) is 0 Å². The van der Waals surface area contributed by atoms with E-state index in [-0.39, 0.29) is 12.3 Å². The molecule has 11 nitrogen and oxygen atoms in total. The van der Waals surface area contributed by atoms with Crippen LogP contribution in [-0.4, -0.2) is 66.4 Å². The smallest absolute Gasteiger partial charge is 0.319 e. The van der Waals surface area contributed by atoms with Gasteiger partial charge in [0.2, 0.25) is 0 Å². The number of ether oxygens (including phenoxy) is 6. The van der Waals surface area contributed by atoms with Crippen LogP contribution < -0.4 is 10.7 Å². The number of nitrogens with one attached hydrogen (secondary N) is 2. The third-order valence-corrected chi connectivity index (χ3v) is 10.1. The summed E-state index contributed by atoms with van der Waals surface area (Å²) in [5.41, 5.74) is 4.99. The highest BCUT2D eigenvalue weighted by Crippen LogP contribution is 2.45. The van der Waals surface area contributed by atoms with Gasteiger partial charge < -0.3 is 33.7 Å². The molecule has 2 N–H and O–H groups in total. The molecule has 274 valence electrons. The lowest BCUT2D eigenvalue weighted by molar-refractivity contribution is -0.232. The van der Waals surface area contributed by atoms with Crippen LogP contribution in [0.4, 0.5) is 0 Å². The van der Waals surface area contributed by atoms with E-state index in [1.54, 1.807) is 0 Å². The minimum Gasteiger partial charge on any atom is -0.452 e. The van der Waals surface area contributed by atoms with Crippen molar-refractivity contribution in [3.05, 3.63) is 144 Å². The normalized spacial score (nSPS) is 27.6. The molecule has 4 aromatic rings. The fourth-order valence-corrected chi connectivity index (χ4v) is 7.89. The maximum atomic E-state index is 15.0. The minimum atomic E-state index is -1.28. The van der Waals surface area contributed by atoms with Crippen LogP contribution in [0.5, 0.6) is 0 Å². The van der Waals surface area contributed by atoms with E-state index in [2.05, 4.69) is 15.8 Å². The monoisotopic (exact) mass is 717 g/mol. The van der Waals surface area contributed by atoms with E-state index in [4.69, 9.17) is 28.4 Å². The molecule has 4 heterocycles. The zero-order valence-electron chi connectivity index (χ0n) is 30.0. The average Bonchev–Trinajstić information content (AvgIpc) is 3.84. The van der Waals surface area contributed by atoms with Crippen LogP contribution in [0.25, 0.3) is 0 Å². The van der Waals surface area contributed by atoms with Crippen molar-refractivity contribution in [2.75, 3.05) is 6.54 Å². The predicted octanol–water partition coefficient (Wildman–Crippen LogP) is 5.35. The highest BCUT2D eigenvalue weighted by molar-refractivity contribution is 6.43. The molecule has 4 aromatic carbocycles. The van der Waals surface area contributed by atoms with Crippen molar-refractivity contribution in [3.8, 4) is 0 Å². The summed E-state index contributed by atoms with van der Waals surface area (Å²) < 4.78 is 37.6. The second-order valence-electron chi connectivity index (χ2n) is 14.6. The summed E-state index contributed by atoms with van der Waals surface area (Å²) in [6.45, 7) is 7.32. The summed E-state index contributed by atoms with van der Waals surface area (Å²) in [7, 11) is 0. The largest absolute Gasteiger partial charge is 0.452 e. The number of rotatable bonds is 9.